The number of nitrogens with one attached hydrogen (secondary N) is 2. The van der Waals surface area contributed by atoms with Crippen molar-refractivity contribution in [1.82, 2.24) is 10.3 Å². The summed E-state index contributed by atoms with van der Waals surface area (Å²) in [6, 6.07) is 5.56. The quantitative estimate of drug-likeness (QED) is 0.670. The summed E-state index contributed by atoms with van der Waals surface area (Å²) in [6.45, 7) is 5.72. The maximum Gasteiger partial charge on any atom is 0.407 e. The molecule has 0 unspecified atom stereocenters. The van der Waals surface area contributed by atoms with Gasteiger partial charge in [0.15, 0.2) is 5.78 Å². The Kier molecular flexibility index (Phi) is 5.13. The third kappa shape index (κ3) is 3.85. The van der Waals surface area contributed by atoms with Crippen LogP contribution in [0.3, 0.4) is 0 Å². The maximum atomic E-state index is 14.3. The van der Waals surface area contributed by atoms with Crippen LogP contribution in [-0.2, 0) is 4.74 Å². The lowest BCUT2D eigenvalue weighted by Crippen LogP contribution is -2.35. The molecule has 0 aliphatic heterocycles. The monoisotopic (exact) mass is 385 g/mol. The molecule has 0 radical (unpaired) electrons. The van der Waals surface area contributed by atoms with Crippen molar-refractivity contribution in [3.63, 3.8) is 0 Å². The number of hydrogen-bond donors (Lipinski definition) is 2. The predicted molar refractivity (Wildman–Crippen MR) is 100 cm³/mol. The van der Waals surface area contributed by atoms with Crippen LogP contribution in [0.25, 0.3) is 0 Å². The molecule has 1 amide bonds. The molecule has 0 saturated heterocycles. The number of pyridine rings is 1. The highest BCUT2D eigenvalue weighted by molar-refractivity contribution is 6.29. The number of benzene rings is 1. The molecule has 0 bridgehead atoms. The first-order valence-corrected chi connectivity index (χ1v) is 8.76. The van der Waals surface area contributed by atoms with Gasteiger partial charge in [0.2, 0.25) is 5.78 Å². The summed E-state index contributed by atoms with van der Waals surface area (Å²) in [5, 5.41) is 5.55. The van der Waals surface area contributed by atoms with Crippen LogP contribution >= 0.6 is 0 Å². The highest BCUT2D eigenvalue weighted by Gasteiger charge is 2.35. The second-order valence-electron chi connectivity index (χ2n) is 7.26. The third-order valence-corrected chi connectivity index (χ3v) is 3.98. The number of anilines is 1. The van der Waals surface area contributed by atoms with Gasteiger partial charge in [0, 0.05) is 25.0 Å². The fourth-order valence-electron chi connectivity index (χ4n) is 2.88. The standard InChI is InChI=1S/C20H20FN3O4/c1-20(2,3)28-19(27)24-10-9-22-13-7-6-12(21)14-15(13)17(25)11-5-4-8-23-16(11)18(14)26/h4-8,22H,9-10H2,1-3H3,(H,24,27). The molecule has 1 aliphatic carbocycles. The summed E-state index contributed by atoms with van der Waals surface area (Å²) in [7, 11) is 0. The minimum atomic E-state index is -0.776. The van der Waals surface area contributed by atoms with E-state index in [4.69, 9.17) is 4.74 Å². The van der Waals surface area contributed by atoms with Gasteiger partial charge in [-0.3, -0.25) is 14.6 Å². The Bertz CT molecular complexity index is 966. The summed E-state index contributed by atoms with van der Waals surface area (Å²) in [5.74, 6) is -1.87. The van der Waals surface area contributed by atoms with E-state index in [1.165, 1.54) is 18.3 Å². The van der Waals surface area contributed by atoms with Crippen LogP contribution in [0.5, 0.6) is 0 Å². The van der Waals surface area contributed by atoms with Crippen LogP contribution in [-0.4, -0.2) is 41.3 Å². The molecule has 0 spiro atoms. The fraction of sp³-hybridized carbons (Fsp3) is 0.300. The van der Waals surface area contributed by atoms with Gasteiger partial charge in [0.1, 0.15) is 17.1 Å². The van der Waals surface area contributed by atoms with E-state index < -0.39 is 29.1 Å². The first kappa shape index (κ1) is 19.5. The highest BCUT2D eigenvalue weighted by atomic mass is 19.1. The Balaban J connectivity index is 1.77. The van der Waals surface area contributed by atoms with Crippen LogP contribution in [0.4, 0.5) is 14.9 Å². The number of carbonyl (C=O) groups is 3. The normalized spacial score (nSPS) is 12.9. The van der Waals surface area contributed by atoms with Gasteiger partial charge in [-0.1, -0.05) is 0 Å². The van der Waals surface area contributed by atoms with Gasteiger partial charge in [-0.2, -0.15) is 0 Å². The van der Waals surface area contributed by atoms with Crippen LogP contribution in [0.2, 0.25) is 0 Å². The topological polar surface area (TPSA) is 97.4 Å². The van der Waals surface area contributed by atoms with Crippen molar-refractivity contribution < 1.29 is 23.5 Å². The summed E-state index contributed by atoms with van der Waals surface area (Å²) in [5.41, 5.74) is -0.524. The van der Waals surface area contributed by atoms with Gasteiger partial charge in [-0.05, 0) is 45.0 Å². The summed E-state index contributed by atoms with van der Waals surface area (Å²) < 4.78 is 19.5. The van der Waals surface area contributed by atoms with E-state index in [1.54, 1.807) is 26.8 Å². The number of rotatable bonds is 4. The van der Waals surface area contributed by atoms with Crippen molar-refractivity contribution >= 4 is 23.3 Å². The number of halogens is 1. The Morgan fingerprint density at radius 3 is 2.57 bits per heavy atom. The van der Waals surface area contributed by atoms with Crippen LogP contribution in [0.1, 0.15) is 52.7 Å². The average molecular weight is 385 g/mol. The van der Waals surface area contributed by atoms with Gasteiger partial charge in [-0.15, -0.1) is 0 Å². The molecule has 3 rings (SSSR count). The maximum absolute atomic E-state index is 14.3. The van der Waals surface area contributed by atoms with Crippen molar-refractivity contribution in [3.8, 4) is 0 Å². The second kappa shape index (κ2) is 7.38. The third-order valence-electron chi connectivity index (χ3n) is 3.98. The molecule has 1 aromatic heterocycles. The lowest BCUT2D eigenvalue weighted by Gasteiger charge is -2.21. The first-order chi connectivity index (χ1) is 13.2. The minimum absolute atomic E-state index is 0.0252. The van der Waals surface area contributed by atoms with E-state index in [9.17, 15) is 18.8 Å². The van der Waals surface area contributed by atoms with E-state index in [0.717, 1.165) is 6.07 Å². The van der Waals surface area contributed by atoms with Gasteiger partial charge in [-0.25, -0.2) is 9.18 Å². The molecule has 2 aromatic rings. The molecule has 1 aliphatic rings. The number of fused-ring (bicyclic) bond motifs is 2. The van der Waals surface area contributed by atoms with E-state index in [2.05, 4.69) is 15.6 Å². The molecular formula is C20H20FN3O4. The zero-order valence-corrected chi connectivity index (χ0v) is 15.8. The molecule has 8 heteroatoms. The smallest absolute Gasteiger partial charge is 0.407 e. The zero-order chi connectivity index (χ0) is 20.5. The molecule has 1 aromatic carbocycles. The number of amides is 1. The number of nitrogens with zero attached hydrogens (tertiary/aromatic N) is 1. The molecule has 28 heavy (non-hydrogen) atoms. The number of ketones is 2. The number of carbonyl (C=O) groups excluding carboxylic acids is 3. The molecule has 0 fully saturated rings. The van der Waals surface area contributed by atoms with Crippen molar-refractivity contribution in [1.29, 1.82) is 0 Å². The number of hydrogen-bond acceptors (Lipinski definition) is 6. The summed E-state index contributed by atoms with van der Waals surface area (Å²) in [6.07, 6.45) is 0.818. The Hall–Kier alpha value is -3.29. The molecule has 0 saturated carbocycles. The zero-order valence-electron chi connectivity index (χ0n) is 15.8. The molecule has 0 atom stereocenters. The van der Waals surface area contributed by atoms with Gasteiger partial charge >= 0.3 is 6.09 Å². The number of aromatic nitrogens is 1. The lowest BCUT2D eigenvalue weighted by atomic mass is 9.85. The van der Waals surface area contributed by atoms with E-state index in [-0.39, 0.29) is 35.5 Å². The van der Waals surface area contributed by atoms with E-state index in [1.807, 2.05) is 0 Å². The number of ether oxygens (including phenoxy) is 1. The molecular weight excluding hydrogens is 365 g/mol. The predicted octanol–water partition coefficient (Wildman–Crippen LogP) is 2.93. The minimum Gasteiger partial charge on any atom is -0.444 e. The molecule has 7 nitrogen and oxygen atoms in total. The van der Waals surface area contributed by atoms with Crippen molar-refractivity contribution in [2.75, 3.05) is 18.4 Å². The Morgan fingerprint density at radius 2 is 1.86 bits per heavy atom. The van der Waals surface area contributed by atoms with E-state index >= 15 is 0 Å². The van der Waals surface area contributed by atoms with Gasteiger partial charge in [0.05, 0.1) is 16.7 Å². The largest absolute Gasteiger partial charge is 0.444 e. The van der Waals surface area contributed by atoms with Crippen LogP contribution < -0.4 is 10.6 Å². The number of alkyl carbamates (subject to hydrolysis) is 1. The summed E-state index contributed by atoms with van der Waals surface area (Å²) in [4.78, 5) is 41.0. The fourth-order valence-corrected chi connectivity index (χ4v) is 2.88. The van der Waals surface area contributed by atoms with E-state index in [0.29, 0.717) is 5.69 Å². The van der Waals surface area contributed by atoms with Crippen molar-refractivity contribution in [2.45, 2.75) is 26.4 Å². The Morgan fingerprint density at radius 1 is 1.11 bits per heavy atom. The van der Waals surface area contributed by atoms with Crippen molar-refractivity contribution in [3.05, 3.63) is 58.7 Å². The summed E-state index contributed by atoms with van der Waals surface area (Å²) >= 11 is 0. The SMILES string of the molecule is CC(C)(C)OC(=O)NCCNc1ccc(F)c2c1C(=O)c1cccnc1C2=O. The lowest BCUT2D eigenvalue weighted by molar-refractivity contribution is 0.0529. The Labute approximate surface area is 161 Å². The second-order valence-corrected chi connectivity index (χ2v) is 7.26. The van der Waals surface area contributed by atoms with Gasteiger partial charge < -0.3 is 15.4 Å². The van der Waals surface area contributed by atoms with Crippen LogP contribution in [0, 0.1) is 5.82 Å². The van der Waals surface area contributed by atoms with Gasteiger partial charge in [0.25, 0.3) is 0 Å². The van der Waals surface area contributed by atoms with Crippen molar-refractivity contribution in [2.24, 2.45) is 0 Å². The first-order valence-electron chi connectivity index (χ1n) is 8.76. The molecule has 146 valence electrons. The average Bonchev–Trinajstić information content (AvgIpc) is 2.62. The van der Waals surface area contributed by atoms with Crippen LogP contribution in [0.15, 0.2) is 30.5 Å². The molecule has 2 N–H and O–H groups in total. The molecule has 1 heterocycles. The highest BCUT2D eigenvalue weighted by Crippen LogP contribution is 2.32.